The fourth-order valence-electron chi connectivity index (χ4n) is 4.14. The molecule has 0 bridgehead atoms. The maximum atomic E-state index is 12.9. The molecule has 0 saturated carbocycles. The lowest BCUT2D eigenvalue weighted by molar-refractivity contribution is -0.116. The van der Waals surface area contributed by atoms with E-state index >= 15 is 0 Å². The van der Waals surface area contributed by atoms with E-state index in [2.05, 4.69) is 16.7 Å². The highest BCUT2D eigenvalue weighted by Crippen LogP contribution is 2.18. The summed E-state index contributed by atoms with van der Waals surface area (Å²) in [5.74, 6) is 0.657. The highest BCUT2D eigenvalue weighted by molar-refractivity contribution is 5.94. The molecule has 1 heterocycles. The molecule has 3 aromatic carbocycles. The molecule has 0 radical (unpaired) electrons. The highest BCUT2D eigenvalue weighted by atomic mass is 16.2. The van der Waals surface area contributed by atoms with Crippen molar-refractivity contribution in [2.24, 2.45) is 0 Å². The number of hydrogen-bond donors (Lipinski definition) is 2. The summed E-state index contributed by atoms with van der Waals surface area (Å²) in [6.45, 7) is 6.74. The molecule has 1 aromatic heterocycles. The molecule has 4 aromatic rings. The van der Waals surface area contributed by atoms with Crippen LogP contribution in [0.1, 0.15) is 39.3 Å². The second-order valence-corrected chi connectivity index (χ2v) is 8.75. The quantitative estimate of drug-likeness (QED) is 0.369. The van der Waals surface area contributed by atoms with Crippen molar-refractivity contribution >= 4 is 28.5 Å². The molecule has 34 heavy (non-hydrogen) atoms. The molecule has 6 nitrogen and oxygen atoms in total. The molecule has 0 aliphatic carbocycles. The Morgan fingerprint density at radius 3 is 2.32 bits per heavy atom. The van der Waals surface area contributed by atoms with Crippen molar-refractivity contribution in [3.8, 4) is 0 Å². The van der Waals surface area contributed by atoms with E-state index in [-0.39, 0.29) is 18.4 Å². The number of anilines is 1. The maximum Gasteiger partial charge on any atom is 0.251 e. The minimum atomic E-state index is -0.0953. The van der Waals surface area contributed by atoms with E-state index in [1.807, 2.05) is 86.0 Å². The van der Waals surface area contributed by atoms with E-state index in [9.17, 15) is 9.59 Å². The molecule has 0 saturated heterocycles. The number of fused-ring (bicyclic) bond motifs is 1. The van der Waals surface area contributed by atoms with Crippen LogP contribution < -0.4 is 10.6 Å². The van der Waals surface area contributed by atoms with Gasteiger partial charge in [-0.3, -0.25) is 9.59 Å². The molecule has 0 fully saturated rings. The summed E-state index contributed by atoms with van der Waals surface area (Å²) in [7, 11) is 0. The standard InChI is InChI=1S/C28H30N4O2/c1-19-10-12-22(13-11-19)28(34)29-14-6-9-26-31-24-7-4-5-8-25(24)32(26)18-27(33)30-23-16-20(2)15-21(3)17-23/h4-5,7-8,10-13,15-17H,6,9,14,18H2,1-3H3,(H,29,34)(H,30,33). The third kappa shape index (κ3) is 5.70. The zero-order valence-corrected chi connectivity index (χ0v) is 19.9. The molecule has 174 valence electrons. The number of carbonyl (C=O) groups excluding carboxylic acids is 2. The zero-order valence-electron chi connectivity index (χ0n) is 19.9. The lowest BCUT2D eigenvalue weighted by Gasteiger charge is -2.11. The van der Waals surface area contributed by atoms with E-state index < -0.39 is 0 Å². The number of para-hydroxylation sites is 2. The Labute approximate surface area is 200 Å². The van der Waals surface area contributed by atoms with Crippen molar-refractivity contribution in [2.75, 3.05) is 11.9 Å². The number of hydrogen-bond acceptors (Lipinski definition) is 3. The molecule has 0 unspecified atom stereocenters. The molecule has 6 heteroatoms. The number of nitrogens with one attached hydrogen (secondary N) is 2. The van der Waals surface area contributed by atoms with Gasteiger partial charge in [0.15, 0.2) is 0 Å². The topological polar surface area (TPSA) is 76.0 Å². The fraction of sp³-hybridized carbons (Fsp3) is 0.250. The van der Waals surface area contributed by atoms with Crippen molar-refractivity contribution in [1.82, 2.24) is 14.9 Å². The van der Waals surface area contributed by atoms with Gasteiger partial charge >= 0.3 is 0 Å². The average molecular weight is 455 g/mol. The van der Waals surface area contributed by atoms with Gasteiger partial charge in [0, 0.05) is 24.2 Å². The molecule has 0 atom stereocenters. The smallest absolute Gasteiger partial charge is 0.251 e. The Hall–Kier alpha value is -3.93. The van der Waals surface area contributed by atoms with Crippen LogP contribution in [-0.2, 0) is 17.8 Å². The predicted octanol–water partition coefficient (Wildman–Crippen LogP) is 4.96. The van der Waals surface area contributed by atoms with E-state index in [1.54, 1.807) is 0 Å². The first-order valence-electron chi connectivity index (χ1n) is 11.6. The molecule has 2 N–H and O–H groups in total. The number of benzene rings is 3. The van der Waals surface area contributed by atoms with Gasteiger partial charge in [0.05, 0.1) is 11.0 Å². The normalized spacial score (nSPS) is 10.9. The molecule has 4 rings (SSSR count). The van der Waals surface area contributed by atoms with Crippen molar-refractivity contribution in [1.29, 1.82) is 0 Å². The lowest BCUT2D eigenvalue weighted by Crippen LogP contribution is -2.25. The number of carbonyl (C=O) groups is 2. The van der Waals surface area contributed by atoms with E-state index in [0.717, 1.165) is 45.7 Å². The first-order chi connectivity index (χ1) is 16.4. The van der Waals surface area contributed by atoms with Crippen molar-refractivity contribution in [3.63, 3.8) is 0 Å². The van der Waals surface area contributed by atoms with E-state index in [4.69, 9.17) is 4.98 Å². The Bertz CT molecular complexity index is 1300. The summed E-state index contributed by atoms with van der Waals surface area (Å²) in [4.78, 5) is 30.0. The summed E-state index contributed by atoms with van der Waals surface area (Å²) in [6.07, 6.45) is 1.37. The predicted molar refractivity (Wildman–Crippen MR) is 136 cm³/mol. The van der Waals surface area contributed by atoms with Gasteiger partial charge in [0.1, 0.15) is 12.4 Å². The molecule has 0 aliphatic rings. The zero-order chi connectivity index (χ0) is 24.1. The van der Waals surface area contributed by atoms with Crippen LogP contribution in [0, 0.1) is 20.8 Å². The Balaban J connectivity index is 1.42. The molecule has 0 aliphatic heterocycles. The van der Waals surface area contributed by atoms with Crippen LogP contribution in [0.25, 0.3) is 11.0 Å². The summed E-state index contributed by atoms with van der Waals surface area (Å²) in [5.41, 5.74) is 6.58. The minimum absolute atomic E-state index is 0.0821. The number of rotatable bonds is 8. The highest BCUT2D eigenvalue weighted by Gasteiger charge is 2.14. The molecule has 2 amide bonds. The number of nitrogens with zero attached hydrogens (tertiary/aromatic N) is 2. The van der Waals surface area contributed by atoms with Gasteiger partial charge in [-0.05, 0) is 74.7 Å². The van der Waals surface area contributed by atoms with Crippen LogP contribution >= 0.6 is 0 Å². The van der Waals surface area contributed by atoms with E-state index in [1.165, 1.54) is 0 Å². The van der Waals surface area contributed by atoms with Crippen LogP contribution in [-0.4, -0.2) is 27.9 Å². The summed E-state index contributed by atoms with van der Waals surface area (Å²) in [5, 5.41) is 5.98. The lowest BCUT2D eigenvalue weighted by atomic mass is 10.1. The van der Waals surface area contributed by atoms with Crippen LogP contribution in [0.15, 0.2) is 66.7 Å². The summed E-state index contributed by atoms with van der Waals surface area (Å²) in [6, 6.07) is 21.4. The Morgan fingerprint density at radius 1 is 0.882 bits per heavy atom. The van der Waals surface area contributed by atoms with Gasteiger partial charge in [-0.2, -0.15) is 0 Å². The van der Waals surface area contributed by atoms with Crippen LogP contribution in [0.2, 0.25) is 0 Å². The van der Waals surface area contributed by atoms with Crippen molar-refractivity contribution in [3.05, 3.63) is 94.8 Å². The van der Waals surface area contributed by atoms with Gasteiger partial charge in [0.2, 0.25) is 5.91 Å². The maximum absolute atomic E-state index is 12.9. The van der Waals surface area contributed by atoms with Gasteiger partial charge < -0.3 is 15.2 Å². The molecular formula is C28H30N4O2. The summed E-state index contributed by atoms with van der Waals surface area (Å²) < 4.78 is 1.97. The van der Waals surface area contributed by atoms with Crippen molar-refractivity contribution < 1.29 is 9.59 Å². The third-order valence-electron chi connectivity index (χ3n) is 5.72. The van der Waals surface area contributed by atoms with Crippen LogP contribution in [0.4, 0.5) is 5.69 Å². The molecular weight excluding hydrogens is 424 g/mol. The Morgan fingerprint density at radius 2 is 1.59 bits per heavy atom. The average Bonchev–Trinajstić information content (AvgIpc) is 3.13. The first kappa shape index (κ1) is 23.2. The van der Waals surface area contributed by atoms with Gasteiger partial charge in [-0.1, -0.05) is 35.9 Å². The largest absolute Gasteiger partial charge is 0.352 e. The van der Waals surface area contributed by atoms with Crippen molar-refractivity contribution in [2.45, 2.75) is 40.2 Å². The van der Waals surface area contributed by atoms with Gasteiger partial charge in [-0.25, -0.2) is 4.98 Å². The van der Waals surface area contributed by atoms with Gasteiger partial charge in [0.25, 0.3) is 5.91 Å². The number of imidazole rings is 1. The SMILES string of the molecule is Cc1ccc(C(=O)NCCCc2nc3ccccc3n2CC(=O)Nc2cc(C)cc(C)c2)cc1. The minimum Gasteiger partial charge on any atom is -0.352 e. The van der Waals surface area contributed by atoms with Gasteiger partial charge in [-0.15, -0.1) is 0 Å². The monoisotopic (exact) mass is 454 g/mol. The van der Waals surface area contributed by atoms with Crippen LogP contribution in [0.5, 0.6) is 0 Å². The Kier molecular flexibility index (Phi) is 7.07. The summed E-state index contributed by atoms with van der Waals surface area (Å²) >= 11 is 0. The molecule has 0 spiro atoms. The second kappa shape index (κ2) is 10.3. The number of amides is 2. The van der Waals surface area contributed by atoms with Crippen LogP contribution in [0.3, 0.4) is 0 Å². The third-order valence-corrected chi connectivity index (χ3v) is 5.72. The number of aromatic nitrogens is 2. The second-order valence-electron chi connectivity index (χ2n) is 8.75. The number of aryl methyl sites for hydroxylation is 4. The fourth-order valence-corrected chi connectivity index (χ4v) is 4.14. The van der Waals surface area contributed by atoms with E-state index in [0.29, 0.717) is 18.5 Å². The first-order valence-corrected chi connectivity index (χ1v) is 11.6.